The van der Waals surface area contributed by atoms with Gasteiger partial charge in [-0.05, 0) is 98.2 Å². The average molecular weight is 449 g/mol. The Morgan fingerprint density at radius 1 is 1.03 bits per heavy atom. The van der Waals surface area contributed by atoms with E-state index in [-0.39, 0.29) is 33.6 Å². The minimum Gasteiger partial charge on any atom is -0.469 e. The minimum atomic E-state index is -0.481. The molecule has 0 unspecified atom stereocenters. The Hall–Kier alpha value is -1.94. The quantitative estimate of drug-likeness (QED) is 0.524. The summed E-state index contributed by atoms with van der Waals surface area (Å²) in [6, 6.07) is 9.98. The maximum atomic E-state index is 13.1. The number of fused-ring (bicyclic) bond motifs is 2. The summed E-state index contributed by atoms with van der Waals surface area (Å²) in [4.78, 5) is 26.0. The third-order valence-electron chi connectivity index (χ3n) is 10.7. The van der Waals surface area contributed by atoms with Crippen LogP contribution in [-0.2, 0) is 19.1 Å². The summed E-state index contributed by atoms with van der Waals surface area (Å²) >= 11 is 0. The fourth-order valence-electron chi connectivity index (χ4n) is 9.48. The van der Waals surface area contributed by atoms with E-state index in [1.807, 2.05) is 36.4 Å². The van der Waals surface area contributed by atoms with Crippen LogP contribution in [0.5, 0.6) is 0 Å². The van der Waals surface area contributed by atoms with Gasteiger partial charge in [0.2, 0.25) is 0 Å². The number of rotatable bonds is 2. The predicted molar refractivity (Wildman–Crippen MR) is 125 cm³/mol. The summed E-state index contributed by atoms with van der Waals surface area (Å²) in [5.41, 5.74) is 1.87. The number of esters is 1. The number of methoxy groups -OCH3 is 1. The Balaban J connectivity index is 1.35. The van der Waals surface area contributed by atoms with Crippen LogP contribution in [0.25, 0.3) is 0 Å². The van der Waals surface area contributed by atoms with Gasteiger partial charge >= 0.3 is 5.97 Å². The molecule has 0 amide bonds. The summed E-state index contributed by atoms with van der Waals surface area (Å²) in [7, 11) is 1.54. The van der Waals surface area contributed by atoms with Crippen molar-refractivity contribution < 1.29 is 19.1 Å². The molecule has 5 aliphatic rings. The first-order chi connectivity index (χ1) is 15.8. The summed E-state index contributed by atoms with van der Waals surface area (Å²) in [5, 5.41) is 0. The monoisotopic (exact) mass is 448 g/mol. The lowest BCUT2D eigenvalue weighted by atomic mass is 9.41. The van der Waals surface area contributed by atoms with Crippen LogP contribution in [0.15, 0.2) is 42.0 Å². The molecule has 4 aliphatic carbocycles. The summed E-state index contributed by atoms with van der Waals surface area (Å²) in [6.07, 6.45) is 11.0. The Kier molecular flexibility index (Phi) is 4.60. The summed E-state index contributed by atoms with van der Waals surface area (Å²) in [5.74, 6) is 1.01. The van der Waals surface area contributed by atoms with Crippen molar-refractivity contribution in [3.8, 4) is 0 Å². The largest absolute Gasteiger partial charge is 0.469 e. The van der Waals surface area contributed by atoms with Crippen LogP contribution in [-0.4, -0.2) is 24.5 Å². The fraction of sp³-hybridized carbons (Fsp3) is 0.655. The highest BCUT2D eigenvalue weighted by Crippen LogP contribution is 2.74. The van der Waals surface area contributed by atoms with E-state index in [4.69, 9.17) is 9.47 Å². The lowest BCUT2D eigenvalue weighted by Crippen LogP contribution is -2.59. The normalized spacial score (nSPS) is 46.0. The molecule has 7 atom stereocenters. The molecule has 2 spiro atoms. The molecule has 1 heterocycles. The van der Waals surface area contributed by atoms with E-state index in [0.29, 0.717) is 11.8 Å². The summed E-state index contributed by atoms with van der Waals surface area (Å²) in [6.45, 7) is 4.63. The van der Waals surface area contributed by atoms with Gasteiger partial charge in [0.1, 0.15) is 6.10 Å². The van der Waals surface area contributed by atoms with Gasteiger partial charge in [0, 0.05) is 0 Å². The minimum absolute atomic E-state index is 0.0240. The smallest absolute Gasteiger partial charge is 0.311 e. The lowest BCUT2D eigenvalue weighted by Gasteiger charge is -2.64. The second-order valence-corrected chi connectivity index (χ2v) is 12.1. The Morgan fingerprint density at radius 3 is 2.55 bits per heavy atom. The van der Waals surface area contributed by atoms with Gasteiger partial charge in [0.05, 0.1) is 18.1 Å². The van der Waals surface area contributed by atoms with E-state index < -0.39 is 6.10 Å². The number of carbonyl (C=O) groups is 2. The van der Waals surface area contributed by atoms with Gasteiger partial charge in [-0.3, -0.25) is 9.59 Å². The Bertz CT molecular complexity index is 1030. The lowest BCUT2D eigenvalue weighted by molar-refractivity contribution is -0.195. The second kappa shape index (κ2) is 7.04. The van der Waals surface area contributed by atoms with Gasteiger partial charge in [0.15, 0.2) is 5.78 Å². The fourth-order valence-corrected chi connectivity index (χ4v) is 9.48. The second-order valence-electron chi connectivity index (χ2n) is 12.1. The molecule has 4 heteroatoms. The number of carbonyl (C=O) groups excluding carboxylic acids is 2. The Morgan fingerprint density at radius 2 is 1.79 bits per heavy atom. The molecule has 0 saturated heterocycles. The maximum Gasteiger partial charge on any atom is 0.311 e. The molecule has 0 aromatic heterocycles. The molecule has 4 nitrogen and oxygen atoms in total. The highest BCUT2D eigenvalue weighted by Gasteiger charge is 2.69. The number of benzene rings is 1. The van der Waals surface area contributed by atoms with Crippen molar-refractivity contribution in [1.29, 1.82) is 0 Å². The van der Waals surface area contributed by atoms with E-state index in [2.05, 4.69) is 13.8 Å². The number of ether oxygens (including phenoxy) is 2. The number of hydrogen-bond acceptors (Lipinski definition) is 4. The zero-order chi connectivity index (χ0) is 23.1. The first-order valence-electron chi connectivity index (χ1n) is 12.8. The van der Waals surface area contributed by atoms with Gasteiger partial charge in [0.25, 0.3) is 0 Å². The van der Waals surface area contributed by atoms with Crippen molar-refractivity contribution in [3.63, 3.8) is 0 Å². The molecule has 1 aromatic carbocycles. The molecule has 0 radical (unpaired) electrons. The van der Waals surface area contributed by atoms with Crippen molar-refractivity contribution in [2.24, 2.45) is 28.1 Å². The molecule has 4 fully saturated rings. The highest BCUT2D eigenvalue weighted by atomic mass is 16.5. The first-order valence-corrected chi connectivity index (χ1v) is 12.8. The summed E-state index contributed by atoms with van der Waals surface area (Å²) < 4.78 is 12.1. The van der Waals surface area contributed by atoms with E-state index >= 15 is 0 Å². The molecular weight excluding hydrogens is 412 g/mol. The van der Waals surface area contributed by atoms with Crippen molar-refractivity contribution in [2.75, 3.05) is 7.11 Å². The SMILES string of the molecule is COC(=O)[C@]1(C)CCC[C@@]2(C)[C@@H]3CC[C@]45C[C@@]3(CC[C@@H]21)CC4=CC(=O)[C@@H](c1ccccc1)O5. The molecule has 0 N–H and O–H groups in total. The molecule has 176 valence electrons. The molecule has 2 bridgehead atoms. The highest BCUT2D eigenvalue weighted by molar-refractivity contribution is 5.96. The maximum absolute atomic E-state index is 13.1. The van der Waals surface area contributed by atoms with Gasteiger partial charge in [-0.25, -0.2) is 0 Å². The zero-order valence-corrected chi connectivity index (χ0v) is 20.2. The van der Waals surface area contributed by atoms with Crippen molar-refractivity contribution in [3.05, 3.63) is 47.5 Å². The van der Waals surface area contributed by atoms with Crippen LogP contribution in [0.3, 0.4) is 0 Å². The average Bonchev–Trinajstić information content (AvgIpc) is 3.03. The van der Waals surface area contributed by atoms with Gasteiger partial charge in [-0.15, -0.1) is 0 Å². The van der Waals surface area contributed by atoms with E-state index in [1.165, 1.54) is 12.0 Å². The van der Waals surface area contributed by atoms with Gasteiger partial charge in [-0.1, -0.05) is 43.7 Å². The van der Waals surface area contributed by atoms with Crippen LogP contribution in [0, 0.1) is 28.1 Å². The number of ketones is 1. The van der Waals surface area contributed by atoms with Crippen molar-refractivity contribution in [2.45, 2.75) is 83.3 Å². The van der Waals surface area contributed by atoms with Gasteiger partial charge in [-0.2, -0.15) is 0 Å². The van der Waals surface area contributed by atoms with Crippen LogP contribution in [0.1, 0.15) is 83.3 Å². The third kappa shape index (κ3) is 2.79. The number of hydrogen-bond donors (Lipinski definition) is 0. The van der Waals surface area contributed by atoms with E-state index in [0.717, 1.165) is 56.9 Å². The van der Waals surface area contributed by atoms with E-state index in [1.54, 1.807) is 7.11 Å². The van der Waals surface area contributed by atoms with Gasteiger partial charge < -0.3 is 9.47 Å². The van der Waals surface area contributed by atoms with Crippen LogP contribution in [0.2, 0.25) is 0 Å². The molecular formula is C29H36O4. The van der Waals surface area contributed by atoms with Crippen LogP contribution >= 0.6 is 0 Å². The Labute approximate surface area is 197 Å². The van der Waals surface area contributed by atoms with Crippen LogP contribution in [0.4, 0.5) is 0 Å². The van der Waals surface area contributed by atoms with Crippen molar-refractivity contribution >= 4 is 11.8 Å². The van der Waals surface area contributed by atoms with Crippen molar-refractivity contribution in [1.82, 2.24) is 0 Å². The molecule has 33 heavy (non-hydrogen) atoms. The molecule has 1 aromatic rings. The first kappa shape index (κ1) is 21.6. The molecule has 6 rings (SSSR count). The standard InChI is InChI=1S/C29H36O4/c1-26-12-7-13-27(2,25(31)32-3)22(26)10-14-28-17-20-16-21(30)24(19-8-5-4-6-9-19)33-29(20,18-28)15-11-23(26)28/h4-6,8-9,16,22-24H,7,10-15,17-18H2,1-3H3/t22-,23-,24+,26+,27+,28+,29-/m0/s1. The molecule has 4 saturated carbocycles. The van der Waals surface area contributed by atoms with E-state index in [9.17, 15) is 9.59 Å². The van der Waals surface area contributed by atoms with Crippen LogP contribution < -0.4 is 0 Å². The zero-order valence-electron chi connectivity index (χ0n) is 20.2. The third-order valence-corrected chi connectivity index (χ3v) is 10.7. The molecule has 1 aliphatic heterocycles. The predicted octanol–water partition coefficient (Wildman–Crippen LogP) is 5.96. The topological polar surface area (TPSA) is 52.6 Å².